The second-order valence-corrected chi connectivity index (χ2v) is 7.47. The van der Waals surface area contributed by atoms with E-state index in [-0.39, 0.29) is 24.1 Å². The van der Waals surface area contributed by atoms with Crippen LogP contribution in [0.15, 0.2) is 47.4 Å². The van der Waals surface area contributed by atoms with Gasteiger partial charge in [0.15, 0.2) is 5.65 Å². The highest BCUT2D eigenvalue weighted by molar-refractivity contribution is 5.80. The van der Waals surface area contributed by atoms with Crippen LogP contribution in [0.25, 0.3) is 16.7 Å². The number of rotatable bonds is 5. The molecule has 28 heavy (non-hydrogen) atoms. The molecule has 0 saturated heterocycles. The van der Waals surface area contributed by atoms with Crippen molar-refractivity contribution in [2.75, 3.05) is 0 Å². The third-order valence-electron chi connectivity index (χ3n) is 5.55. The van der Waals surface area contributed by atoms with Crippen molar-refractivity contribution in [1.82, 2.24) is 19.7 Å². The Morgan fingerprint density at radius 1 is 1.14 bits per heavy atom. The average molecular weight is 378 g/mol. The number of hydrogen-bond acceptors (Lipinski definition) is 3. The van der Waals surface area contributed by atoms with Crippen LogP contribution in [0.2, 0.25) is 0 Å². The Balaban J connectivity index is 1.71. The van der Waals surface area contributed by atoms with E-state index >= 15 is 0 Å². The van der Waals surface area contributed by atoms with Crippen molar-refractivity contribution in [3.8, 4) is 5.69 Å². The van der Waals surface area contributed by atoms with Crippen LogP contribution in [-0.2, 0) is 17.8 Å². The lowest BCUT2D eigenvalue weighted by Gasteiger charge is -2.23. The molecule has 0 spiro atoms. The van der Waals surface area contributed by atoms with E-state index in [9.17, 15) is 9.59 Å². The average Bonchev–Trinajstić information content (AvgIpc) is 3.01. The number of nitrogens with zero attached hydrogens (tertiary/aromatic N) is 3. The summed E-state index contributed by atoms with van der Waals surface area (Å²) in [6.07, 6.45) is 8.21. The number of fused-ring (bicyclic) bond motifs is 1. The maximum absolute atomic E-state index is 13.0. The van der Waals surface area contributed by atoms with E-state index < -0.39 is 0 Å². The first-order valence-corrected chi connectivity index (χ1v) is 10.1. The molecule has 3 aromatic rings. The first kappa shape index (κ1) is 18.5. The third kappa shape index (κ3) is 3.59. The molecule has 1 fully saturated rings. The molecule has 146 valence electrons. The molecule has 0 bridgehead atoms. The van der Waals surface area contributed by atoms with Crippen LogP contribution in [0.5, 0.6) is 0 Å². The van der Waals surface area contributed by atoms with E-state index in [1.807, 2.05) is 24.3 Å². The summed E-state index contributed by atoms with van der Waals surface area (Å²) in [4.78, 5) is 30.2. The van der Waals surface area contributed by atoms with Gasteiger partial charge >= 0.3 is 0 Å². The zero-order valence-corrected chi connectivity index (χ0v) is 16.2. The van der Waals surface area contributed by atoms with Gasteiger partial charge in [-0.05, 0) is 49.1 Å². The highest BCUT2D eigenvalue weighted by Crippen LogP contribution is 2.18. The first-order chi connectivity index (χ1) is 13.7. The van der Waals surface area contributed by atoms with Crippen molar-refractivity contribution in [3.05, 3.63) is 58.5 Å². The quantitative estimate of drug-likeness (QED) is 0.741. The van der Waals surface area contributed by atoms with Gasteiger partial charge in [-0.15, -0.1) is 0 Å². The Bertz CT molecular complexity index is 1030. The molecule has 2 heterocycles. The molecule has 1 amide bonds. The minimum Gasteiger partial charge on any atom is -0.352 e. The summed E-state index contributed by atoms with van der Waals surface area (Å²) in [7, 11) is 0. The Labute approximate surface area is 164 Å². The normalized spacial score (nSPS) is 15.0. The fourth-order valence-electron chi connectivity index (χ4n) is 4.02. The third-order valence-corrected chi connectivity index (χ3v) is 5.55. The Morgan fingerprint density at radius 2 is 1.89 bits per heavy atom. The summed E-state index contributed by atoms with van der Waals surface area (Å²) in [5.74, 6) is -0.0756. The number of hydrogen-bond donors (Lipinski definition) is 1. The molecule has 0 atom stereocenters. The minimum atomic E-state index is -0.155. The molecule has 1 aromatic carbocycles. The van der Waals surface area contributed by atoms with Gasteiger partial charge in [0.25, 0.3) is 5.56 Å². The van der Waals surface area contributed by atoms with Crippen molar-refractivity contribution < 1.29 is 4.79 Å². The van der Waals surface area contributed by atoms with Gasteiger partial charge in [0.05, 0.1) is 11.1 Å². The summed E-state index contributed by atoms with van der Waals surface area (Å²) < 4.78 is 3.26. The Morgan fingerprint density at radius 3 is 2.61 bits per heavy atom. The number of aromatic nitrogens is 3. The molecule has 0 radical (unpaired) electrons. The fraction of sp³-hybridized carbons (Fsp3) is 0.409. The van der Waals surface area contributed by atoms with Crippen LogP contribution in [0, 0.1) is 0 Å². The van der Waals surface area contributed by atoms with E-state index in [0.717, 1.165) is 37.8 Å². The lowest BCUT2D eigenvalue weighted by atomic mass is 9.95. The highest BCUT2D eigenvalue weighted by Gasteiger charge is 2.20. The number of amides is 1. The second kappa shape index (κ2) is 8.00. The molecule has 1 aliphatic rings. The van der Waals surface area contributed by atoms with Crippen LogP contribution in [0.1, 0.15) is 44.6 Å². The Hall–Kier alpha value is -2.89. The number of benzene rings is 1. The van der Waals surface area contributed by atoms with Gasteiger partial charge < -0.3 is 5.32 Å². The van der Waals surface area contributed by atoms with E-state index in [1.165, 1.54) is 12.0 Å². The molecule has 2 aromatic heterocycles. The number of aryl methyl sites for hydroxylation is 1. The highest BCUT2D eigenvalue weighted by atomic mass is 16.2. The van der Waals surface area contributed by atoms with Crippen LogP contribution in [0.4, 0.5) is 0 Å². The summed E-state index contributed by atoms with van der Waals surface area (Å²) in [5, 5.41) is 3.66. The van der Waals surface area contributed by atoms with Crippen LogP contribution < -0.4 is 10.9 Å². The molecule has 1 N–H and O–H groups in total. The molecule has 6 heteroatoms. The van der Waals surface area contributed by atoms with E-state index in [1.54, 1.807) is 27.7 Å². The van der Waals surface area contributed by atoms with Gasteiger partial charge in [-0.25, -0.2) is 9.67 Å². The summed E-state index contributed by atoms with van der Waals surface area (Å²) in [5.41, 5.74) is 2.32. The van der Waals surface area contributed by atoms with Crippen LogP contribution in [0.3, 0.4) is 0 Å². The van der Waals surface area contributed by atoms with E-state index in [0.29, 0.717) is 11.0 Å². The number of carbonyl (C=O) groups is 1. The van der Waals surface area contributed by atoms with Gasteiger partial charge in [-0.3, -0.25) is 14.3 Å². The summed E-state index contributed by atoms with van der Waals surface area (Å²) in [6.45, 7) is 2.17. The molecule has 0 aliphatic heterocycles. The van der Waals surface area contributed by atoms with Crippen LogP contribution in [-0.4, -0.2) is 26.3 Å². The summed E-state index contributed by atoms with van der Waals surface area (Å²) >= 11 is 0. The fourth-order valence-corrected chi connectivity index (χ4v) is 4.02. The number of nitrogens with one attached hydrogen (secondary N) is 1. The van der Waals surface area contributed by atoms with E-state index in [4.69, 9.17) is 0 Å². The molecule has 4 rings (SSSR count). The molecular formula is C22H26N4O2. The largest absolute Gasteiger partial charge is 0.352 e. The zero-order chi connectivity index (χ0) is 19.5. The monoisotopic (exact) mass is 378 g/mol. The van der Waals surface area contributed by atoms with E-state index in [2.05, 4.69) is 17.2 Å². The van der Waals surface area contributed by atoms with Gasteiger partial charge in [0.2, 0.25) is 5.91 Å². The summed E-state index contributed by atoms with van der Waals surface area (Å²) in [6, 6.07) is 11.6. The lowest BCUT2D eigenvalue weighted by molar-refractivity contribution is -0.122. The number of carbonyl (C=O) groups excluding carboxylic acids is 1. The standard InChI is InChI=1S/C22H26N4O2/c1-2-16-10-12-18(13-11-16)26-22(28)19-9-6-14-23-21(19)25(26)15-20(27)24-17-7-4-3-5-8-17/h6,9-14,17H,2-5,7-8,15H2,1H3,(H,24,27). The van der Waals surface area contributed by atoms with Crippen molar-refractivity contribution in [1.29, 1.82) is 0 Å². The topological polar surface area (TPSA) is 68.9 Å². The number of pyridine rings is 1. The molecular weight excluding hydrogens is 352 g/mol. The van der Waals surface area contributed by atoms with Gasteiger partial charge in [-0.2, -0.15) is 0 Å². The van der Waals surface area contributed by atoms with Crippen molar-refractivity contribution in [2.45, 2.75) is 58.0 Å². The minimum absolute atomic E-state index is 0.0712. The van der Waals surface area contributed by atoms with Crippen LogP contribution >= 0.6 is 0 Å². The first-order valence-electron chi connectivity index (χ1n) is 10.1. The van der Waals surface area contributed by atoms with Crippen molar-refractivity contribution in [2.24, 2.45) is 0 Å². The smallest absolute Gasteiger partial charge is 0.280 e. The lowest BCUT2D eigenvalue weighted by Crippen LogP contribution is -2.39. The molecule has 1 aliphatic carbocycles. The Kier molecular flexibility index (Phi) is 5.28. The predicted molar refractivity (Wildman–Crippen MR) is 110 cm³/mol. The SMILES string of the molecule is CCc1ccc(-n2c(=O)c3cccnc3n2CC(=O)NC2CCCCC2)cc1. The maximum atomic E-state index is 13.0. The van der Waals surface area contributed by atoms with Gasteiger partial charge in [-0.1, -0.05) is 38.3 Å². The van der Waals surface area contributed by atoms with Gasteiger partial charge in [0, 0.05) is 12.2 Å². The maximum Gasteiger partial charge on any atom is 0.280 e. The second-order valence-electron chi connectivity index (χ2n) is 7.47. The van der Waals surface area contributed by atoms with Crippen molar-refractivity contribution in [3.63, 3.8) is 0 Å². The molecule has 6 nitrogen and oxygen atoms in total. The zero-order valence-electron chi connectivity index (χ0n) is 16.2. The van der Waals surface area contributed by atoms with Crippen molar-refractivity contribution >= 4 is 16.9 Å². The molecule has 0 unspecified atom stereocenters. The van der Waals surface area contributed by atoms with Gasteiger partial charge in [0.1, 0.15) is 6.54 Å². The molecule has 1 saturated carbocycles. The predicted octanol–water partition coefficient (Wildman–Crippen LogP) is 3.20.